The molecule has 0 bridgehead atoms. The van der Waals surface area contributed by atoms with Crippen molar-refractivity contribution in [3.8, 4) is 0 Å². The lowest BCUT2D eigenvalue weighted by Crippen LogP contribution is -2.29. The van der Waals surface area contributed by atoms with Crippen LogP contribution in [0.15, 0.2) is 30.3 Å². The summed E-state index contributed by atoms with van der Waals surface area (Å²) in [6, 6.07) is 10.0. The number of hydrogen-bond donors (Lipinski definition) is 1. The van der Waals surface area contributed by atoms with E-state index in [4.69, 9.17) is 4.74 Å². The maximum Gasteiger partial charge on any atom is 0.311 e. The Morgan fingerprint density at radius 3 is 2.44 bits per heavy atom. The van der Waals surface area contributed by atoms with Gasteiger partial charge in [0.05, 0.1) is 19.1 Å². The molecule has 0 aliphatic rings. The van der Waals surface area contributed by atoms with Crippen molar-refractivity contribution in [2.24, 2.45) is 5.92 Å². The minimum absolute atomic E-state index is 0.222. The van der Waals surface area contributed by atoms with Crippen molar-refractivity contribution in [2.45, 2.75) is 38.7 Å². The van der Waals surface area contributed by atoms with Gasteiger partial charge >= 0.3 is 5.97 Å². The Balaban J connectivity index is 2.63. The topological polar surface area (TPSA) is 46.5 Å². The zero-order valence-electron chi connectivity index (χ0n) is 11.3. The number of benzene rings is 1. The molecule has 3 atom stereocenters. The molecule has 3 heteroatoms. The Morgan fingerprint density at radius 2 is 1.94 bits per heavy atom. The van der Waals surface area contributed by atoms with E-state index in [2.05, 4.69) is 6.92 Å². The number of aliphatic hydroxyl groups is 1. The van der Waals surface area contributed by atoms with Crippen molar-refractivity contribution < 1.29 is 14.6 Å². The third-order valence-corrected chi connectivity index (χ3v) is 3.37. The van der Waals surface area contributed by atoms with E-state index < -0.39 is 12.0 Å². The summed E-state index contributed by atoms with van der Waals surface area (Å²) in [5, 5.41) is 10.1. The third-order valence-electron chi connectivity index (χ3n) is 3.37. The van der Waals surface area contributed by atoms with Crippen LogP contribution in [0.1, 0.15) is 38.2 Å². The summed E-state index contributed by atoms with van der Waals surface area (Å²) in [5.74, 6) is -0.536. The summed E-state index contributed by atoms with van der Waals surface area (Å²) >= 11 is 0. The molecule has 0 fully saturated rings. The Labute approximate surface area is 109 Å². The van der Waals surface area contributed by atoms with Crippen LogP contribution in [0.3, 0.4) is 0 Å². The summed E-state index contributed by atoms with van der Waals surface area (Å²) in [5.41, 5.74) is 1.18. The molecule has 0 saturated heterocycles. The van der Waals surface area contributed by atoms with Gasteiger partial charge in [-0.3, -0.25) is 4.79 Å². The average Bonchev–Trinajstić information content (AvgIpc) is 2.40. The fourth-order valence-electron chi connectivity index (χ4n) is 2.19. The second kappa shape index (κ2) is 7.17. The highest BCUT2D eigenvalue weighted by Gasteiger charge is 2.27. The lowest BCUT2D eigenvalue weighted by atomic mass is 9.88. The van der Waals surface area contributed by atoms with Crippen molar-refractivity contribution in [1.29, 1.82) is 0 Å². The van der Waals surface area contributed by atoms with E-state index in [1.54, 1.807) is 0 Å². The molecule has 0 heterocycles. The van der Waals surface area contributed by atoms with Crippen LogP contribution in [0.5, 0.6) is 0 Å². The summed E-state index contributed by atoms with van der Waals surface area (Å²) in [6.45, 7) is 3.94. The van der Waals surface area contributed by atoms with Crippen molar-refractivity contribution >= 4 is 5.97 Å². The maximum atomic E-state index is 11.5. The SMILES string of the molecule is CCC(C(=O)OC)C(O)CC(C)c1ccccc1. The van der Waals surface area contributed by atoms with Crippen molar-refractivity contribution in [3.63, 3.8) is 0 Å². The highest BCUT2D eigenvalue weighted by molar-refractivity contribution is 5.72. The molecule has 0 aliphatic carbocycles. The molecule has 1 rings (SSSR count). The van der Waals surface area contributed by atoms with E-state index in [1.807, 2.05) is 37.3 Å². The van der Waals surface area contributed by atoms with Gasteiger partial charge in [-0.05, 0) is 24.3 Å². The molecule has 100 valence electrons. The molecule has 1 aromatic carbocycles. The van der Waals surface area contributed by atoms with Crippen molar-refractivity contribution in [2.75, 3.05) is 7.11 Å². The van der Waals surface area contributed by atoms with Crippen molar-refractivity contribution in [1.82, 2.24) is 0 Å². The number of carbonyl (C=O) groups is 1. The van der Waals surface area contributed by atoms with Gasteiger partial charge in [0, 0.05) is 0 Å². The van der Waals surface area contributed by atoms with Gasteiger partial charge in [-0.1, -0.05) is 44.2 Å². The molecule has 3 nitrogen and oxygen atoms in total. The van der Waals surface area contributed by atoms with Crippen LogP contribution in [-0.2, 0) is 9.53 Å². The van der Waals surface area contributed by atoms with E-state index in [-0.39, 0.29) is 11.9 Å². The number of methoxy groups -OCH3 is 1. The van der Waals surface area contributed by atoms with Crippen LogP contribution in [-0.4, -0.2) is 24.3 Å². The van der Waals surface area contributed by atoms with Crippen LogP contribution in [0.2, 0.25) is 0 Å². The Hall–Kier alpha value is -1.35. The molecular weight excluding hydrogens is 228 g/mol. The second-order valence-corrected chi connectivity index (χ2v) is 4.65. The van der Waals surface area contributed by atoms with Crippen LogP contribution in [0, 0.1) is 5.92 Å². The predicted molar refractivity (Wildman–Crippen MR) is 71.3 cm³/mol. The zero-order valence-corrected chi connectivity index (χ0v) is 11.3. The van der Waals surface area contributed by atoms with E-state index in [1.165, 1.54) is 12.7 Å². The Kier molecular flexibility index (Phi) is 5.86. The second-order valence-electron chi connectivity index (χ2n) is 4.65. The lowest BCUT2D eigenvalue weighted by molar-refractivity contribution is -0.149. The van der Waals surface area contributed by atoms with E-state index in [9.17, 15) is 9.90 Å². The van der Waals surface area contributed by atoms with Gasteiger partial charge in [0.25, 0.3) is 0 Å². The zero-order chi connectivity index (χ0) is 13.5. The van der Waals surface area contributed by atoms with Gasteiger partial charge in [-0.2, -0.15) is 0 Å². The fourth-order valence-corrected chi connectivity index (χ4v) is 2.19. The van der Waals surface area contributed by atoms with E-state index in [0.717, 1.165) is 0 Å². The normalized spacial score (nSPS) is 15.8. The number of carbonyl (C=O) groups excluding carboxylic acids is 1. The molecule has 0 aliphatic heterocycles. The lowest BCUT2D eigenvalue weighted by Gasteiger charge is -2.22. The van der Waals surface area contributed by atoms with E-state index in [0.29, 0.717) is 12.8 Å². The first-order chi connectivity index (χ1) is 8.60. The smallest absolute Gasteiger partial charge is 0.311 e. The maximum absolute atomic E-state index is 11.5. The van der Waals surface area contributed by atoms with Gasteiger partial charge in [0.1, 0.15) is 0 Å². The molecule has 0 radical (unpaired) electrons. The first-order valence-corrected chi connectivity index (χ1v) is 6.41. The Morgan fingerprint density at radius 1 is 1.33 bits per heavy atom. The first-order valence-electron chi connectivity index (χ1n) is 6.41. The summed E-state index contributed by atoms with van der Waals surface area (Å²) < 4.78 is 4.71. The molecule has 3 unspecified atom stereocenters. The van der Waals surface area contributed by atoms with Gasteiger partial charge in [0.2, 0.25) is 0 Å². The van der Waals surface area contributed by atoms with Crippen LogP contribution >= 0.6 is 0 Å². The molecule has 0 aromatic heterocycles. The predicted octanol–water partition coefficient (Wildman–Crippen LogP) is 2.74. The minimum Gasteiger partial charge on any atom is -0.469 e. The molecular formula is C15H22O3. The van der Waals surface area contributed by atoms with Crippen LogP contribution in [0.4, 0.5) is 0 Å². The van der Waals surface area contributed by atoms with Gasteiger partial charge < -0.3 is 9.84 Å². The third kappa shape index (κ3) is 3.84. The molecule has 1 N–H and O–H groups in total. The van der Waals surface area contributed by atoms with Gasteiger partial charge in [-0.25, -0.2) is 0 Å². The van der Waals surface area contributed by atoms with Gasteiger partial charge in [0.15, 0.2) is 0 Å². The first kappa shape index (κ1) is 14.7. The van der Waals surface area contributed by atoms with E-state index >= 15 is 0 Å². The monoisotopic (exact) mass is 250 g/mol. The van der Waals surface area contributed by atoms with Crippen LogP contribution < -0.4 is 0 Å². The highest BCUT2D eigenvalue weighted by Crippen LogP contribution is 2.24. The summed E-state index contributed by atoms with van der Waals surface area (Å²) in [7, 11) is 1.36. The summed E-state index contributed by atoms with van der Waals surface area (Å²) in [6.07, 6.45) is 0.505. The quantitative estimate of drug-likeness (QED) is 0.790. The standard InChI is InChI=1S/C15H22O3/c1-4-13(15(17)18-3)14(16)10-11(2)12-8-6-5-7-9-12/h5-9,11,13-14,16H,4,10H2,1-3H3. The largest absolute Gasteiger partial charge is 0.469 e. The fraction of sp³-hybridized carbons (Fsp3) is 0.533. The molecule has 18 heavy (non-hydrogen) atoms. The molecule has 0 spiro atoms. The molecule has 1 aromatic rings. The molecule has 0 saturated carbocycles. The minimum atomic E-state index is -0.655. The average molecular weight is 250 g/mol. The number of rotatable bonds is 6. The molecule has 0 amide bonds. The van der Waals surface area contributed by atoms with Crippen molar-refractivity contribution in [3.05, 3.63) is 35.9 Å². The number of aliphatic hydroxyl groups excluding tert-OH is 1. The van der Waals surface area contributed by atoms with Gasteiger partial charge in [-0.15, -0.1) is 0 Å². The number of ether oxygens (including phenoxy) is 1. The number of esters is 1. The highest BCUT2D eigenvalue weighted by atomic mass is 16.5. The number of hydrogen-bond acceptors (Lipinski definition) is 3. The Bertz CT molecular complexity index is 361. The van der Waals surface area contributed by atoms with Crippen LogP contribution in [0.25, 0.3) is 0 Å². The summed E-state index contributed by atoms with van der Waals surface area (Å²) in [4.78, 5) is 11.5.